The summed E-state index contributed by atoms with van der Waals surface area (Å²) >= 11 is 1.37. The Hall–Kier alpha value is -2.66. The molecule has 0 aliphatic carbocycles. The number of thiophene rings is 1. The van der Waals surface area contributed by atoms with Crippen molar-refractivity contribution in [3.8, 4) is 0 Å². The highest BCUT2D eigenvalue weighted by Gasteiger charge is 2.16. The fourth-order valence-electron chi connectivity index (χ4n) is 2.74. The fourth-order valence-corrected chi connectivity index (χ4v) is 3.70. The second-order valence-corrected chi connectivity index (χ2v) is 7.25. The van der Waals surface area contributed by atoms with Crippen LogP contribution in [0.4, 0.5) is 0 Å². The summed E-state index contributed by atoms with van der Waals surface area (Å²) in [5, 5.41) is 3.92. The lowest BCUT2D eigenvalue weighted by atomic mass is 10.0. The number of rotatable bonds is 6. The van der Waals surface area contributed by atoms with Crippen LogP contribution in [0, 0.1) is 6.92 Å². The van der Waals surface area contributed by atoms with E-state index >= 15 is 0 Å². The highest BCUT2D eigenvalue weighted by molar-refractivity contribution is 7.20. The Morgan fingerprint density at radius 1 is 1.12 bits per heavy atom. The molecular weight excluding hydrogens is 346 g/mol. The van der Waals surface area contributed by atoms with Crippen molar-refractivity contribution in [2.45, 2.75) is 26.3 Å². The molecule has 26 heavy (non-hydrogen) atoms. The van der Waals surface area contributed by atoms with E-state index in [1.165, 1.54) is 16.9 Å². The van der Waals surface area contributed by atoms with E-state index in [1.54, 1.807) is 6.07 Å². The molecule has 0 spiro atoms. The number of aryl methyl sites for hydroxylation is 1. The summed E-state index contributed by atoms with van der Waals surface area (Å²) in [5.41, 5.74) is 2.22. The summed E-state index contributed by atoms with van der Waals surface area (Å²) < 4.78 is 6.20. The molecule has 0 aliphatic heterocycles. The maximum Gasteiger partial charge on any atom is 0.348 e. The molecule has 0 unspecified atom stereocenters. The number of nitrogens with one attached hydrogen (secondary N) is 1. The van der Waals surface area contributed by atoms with Gasteiger partial charge in [0.05, 0.1) is 6.04 Å². The molecule has 1 amide bonds. The van der Waals surface area contributed by atoms with Crippen LogP contribution in [0.3, 0.4) is 0 Å². The van der Waals surface area contributed by atoms with Crippen LogP contribution < -0.4 is 5.32 Å². The fraction of sp³-hybridized carbons (Fsp3) is 0.238. The molecule has 134 valence electrons. The first-order valence-electron chi connectivity index (χ1n) is 8.58. The third-order valence-corrected chi connectivity index (χ3v) is 5.28. The average molecular weight is 367 g/mol. The van der Waals surface area contributed by atoms with Gasteiger partial charge < -0.3 is 10.1 Å². The number of hydrogen-bond acceptors (Lipinski definition) is 4. The minimum absolute atomic E-state index is 0.0915. The monoisotopic (exact) mass is 367 g/mol. The SMILES string of the molecule is CC[C@H](NC(=O)COC(=O)c1cc2ccccc2s1)c1ccc(C)cc1. The standard InChI is InChI=1S/C21H21NO3S/c1-3-17(15-10-8-14(2)9-11-15)22-20(23)13-25-21(24)19-12-16-6-4-5-7-18(16)26-19/h4-12,17H,3,13H2,1-2H3,(H,22,23)/t17-/m0/s1. The second kappa shape index (κ2) is 8.15. The largest absolute Gasteiger partial charge is 0.451 e. The zero-order chi connectivity index (χ0) is 18.5. The number of ether oxygens (including phenoxy) is 1. The molecule has 2 aromatic carbocycles. The lowest BCUT2D eigenvalue weighted by Crippen LogP contribution is -2.32. The summed E-state index contributed by atoms with van der Waals surface area (Å²) in [4.78, 5) is 24.9. The van der Waals surface area contributed by atoms with E-state index in [0.29, 0.717) is 4.88 Å². The number of hydrogen-bond donors (Lipinski definition) is 1. The molecule has 1 heterocycles. The van der Waals surface area contributed by atoms with Gasteiger partial charge >= 0.3 is 5.97 Å². The van der Waals surface area contributed by atoms with Crippen molar-refractivity contribution in [2.75, 3.05) is 6.61 Å². The number of amides is 1. The van der Waals surface area contributed by atoms with Crippen LogP contribution in [-0.2, 0) is 9.53 Å². The third-order valence-electron chi connectivity index (χ3n) is 4.18. The van der Waals surface area contributed by atoms with Gasteiger partial charge in [-0.2, -0.15) is 0 Å². The third kappa shape index (κ3) is 4.29. The molecule has 1 aromatic heterocycles. The number of carbonyl (C=O) groups excluding carboxylic acids is 2. The van der Waals surface area contributed by atoms with E-state index in [2.05, 4.69) is 5.32 Å². The van der Waals surface area contributed by atoms with Gasteiger partial charge in [0.1, 0.15) is 4.88 Å². The number of esters is 1. The van der Waals surface area contributed by atoms with Gasteiger partial charge in [0.15, 0.2) is 6.61 Å². The predicted octanol–water partition coefficient (Wildman–Crippen LogP) is 4.63. The predicted molar refractivity (Wildman–Crippen MR) is 104 cm³/mol. The van der Waals surface area contributed by atoms with E-state index < -0.39 is 5.97 Å². The molecule has 3 rings (SSSR count). The molecule has 5 heteroatoms. The Morgan fingerprint density at radius 2 is 1.85 bits per heavy atom. The molecule has 0 aliphatic rings. The molecule has 4 nitrogen and oxygen atoms in total. The van der Waals surface area contributed by atoms with Gasteiger partial charge in [-0.3, -0.25) is 4.79 Å². The summed E-state index contributed by atoms with van der Waals surface area (Å²) in [7, 11) is 0. The lowest BCUT2D eigenvalue weighted by Gasteiger charge is -2.17. The number of fused-ring (bicyclic) bond motifs is 1. The summed E-state index contributed by atoms with van der Waals surface area (Å²) in [6.45, 7) is 3.75. The number of benzene rings is 2. The molecule has 3 aromatic rings. The smallest absolute Gasteiger partial charge is 0.348 e. The van der Waals surface area contributed by atoms with Crippen molar-refractivity contribution in [3.05, 3.63) is 70.6 Å². The molecule has 0 bridgehead atoms. The zero-order valence-electron chi connectivity index (χ0n) is 14.8. The van der Waals surface area contributed by atoms with Gasteiger partial charge in [0.2, 0.25) is 0 Å². The van der Waals surface area contributed by atoms with Crippen LogP contribution in [0.5, 0.6) is 0 Å². The van der Waals surface area contributed by atoms with Crippen molar-refractivity contribution >= 4 is 33.3 Å². The normalized spacial score (nSPS) is 11.9. The van der Waals surface area contributed by atoms with Crippen molar-refractivity contribution in [1.82, 2.24) is 5.32 Å². The zero-order valence-corrected chi connectivity index (χ0v) is 15.6. The summed E-state index contributed by atoms with van der Waals surface area (Å²) in [6.07, 6.45) is 0.763. The second-order valence-electron chi connectivity index (χ2n) is 6.16. The van der Waals surface area contributed by atoms with E-state index in [-0.39, 0.29) is 18.6 Å². The van der Waals surface area contributed by atoms with Crippen LogP contribution >= 0.6 is 11.3 Å². The summed E-state index contributed by atoms with van der Waals surface area (Å²) in [5.74, 6) is -0.767. The molecule has 0 saturated carbocycles. The Bertz CT molecular complexity index is 881. The van der Waals surface area contributed by atoms with Crippen molar-refractivity contribution in [3.63, 3.8) is 0 Å². The Kier molecular flexibility index (Phi) is 5.68. The minimum atomic E-state index is -0.468. The molecule has 0 saturated heterocycles. The van der Waals surface area contributed by atoms with Crippen LogP contribution in [0.1, 0.15) is 40.2 Å². The first kappa shape index (κ1) is 18.1. The van der Waals surface area contributed by atoms with Crippen LogP contribution in [0.2, 0.25) is 0 Å². The minimum Gasteiger partial charge on any atom is -0.451 e. The Morgan fingerprint density at radius 3 is 2.54 bits per heavy atom. The number of carbonyl (C=O) groups is 2. The first-order chi connectivity index (χ1) is 12.6. The van der Waals surface area contributed by atoms with Crippen LogP contribution in [0.25, 0.3) is 10.1 Å². The molecule has 0 fully saturated rings. The van der Waals surface area contributed by atoms with Gasteiger partial charge in [-0.1, -0.05) is 55.0 Å². The molecular formula is C21H21NO3S. The van der Waals surface area contributed by atoms with Gasteiger partial charge in [-0.15, -0.1) is 11.3 Å². The van der Waals surface area contributed by atoms with E-state index in [1.807, 2.05) is 62.4 Å². The van der Waals surface area contributed by atoms with Gasteiger partial charge in [0, 0.05) is 4.70 Å². The van der Waals surface area contributed by atoms with E-state index in [0.717, 1.165) is 22.1 Å². The quantitative estimate of drug-likeness (QED) is 0.646. The average Bonchev–Trinajstić information content (AvgIpc) is 3.09. The summed E-state index contributed by atoms with van der Waals surface area (Å²) in [6, 6.07) is 17.5. The molecule has 1 atom stereocenters. The first-order valence-corrected chi connectivity index (χ1v) is 9.40. The van der Waals surface area contributed by atoms with Crippen molar-refractivity contribution in [2.24, 2.45) is 0 Å². The lowest BCUT2D eigenvalue weighted by molar-refractivity contribution is -0.125. The maximum absolute atomic E-state index is 12.2. The van der Waals surface area contributed by atoms with Crippen molar-refractivity contribution in [1.29, 1.82) is 0 Å². The van der Waals surface area contributed by atoms with E-state index in [9.17, 15) is 9.59 Å². The topological polar surface area (TPSA) is 55.4 Å². The molecule has 0 radical (unpaired) electrons. The van der Waals surface area contributed by atoms with Crippen molar-refractivity contribution < 1.29 is 14.3 Å². The van der Waals surface area contributed by atoms with Crippen LogP contribution in [0.15, 0.2) is 54.6 Å². The highest BCUT2D eigenvalue weighted by atomic mass is 32.1. The Labute approximate surface area is 156 Å². The van der Waals surface area contributed by atoms with Crippen LogP contribution in [-0.4, -0.2) is 18.5 Å². The van der Waals surface area contributed by atoms with Gasteiger partial charge in [-0.25, -0.2) is 4.79 Å². The maximum atomic E-state index is 12.2. The van der Waals surface area contributed by atoms with Gasteiger partial charge in [-0.05, 0) is 36.4 Å². The highest BCUT2D eigenvalue weighted by Crippen LogP contribution is 2.25. The molecule has 1 N–H and O–H groups in total. The Balaban J connectivity index is 1.57. The van der Waals surface area contributed by atoms with Gasteiger partial charge in [0.25, 0.3) is 5.91 Å². The van der Waals surface area contributed by atoms with E-state index in [4.69, 9.17) is 4.74 Å².